The number of nitro groups is 1. The molecule has 0 radical (unpaired) electrons. The summed E-state index contributed by atoms with van der Waals surface area (Å²) in [5.74, 6) is 2.10. The minimum Gasteiger partial charge on any atom is -0.467 e. The van der Waals surface area contributed by atoms with Crippen molar-refractivity contribution < 1.29 is 13.8 Å². The van der Waals surface area contributed by atoms with Crippen LogP contribution in [-0.4, -0.2) is 19.9 Å². The van der Waals surface area contributed by atoms with Crippen LogP contribution in [0.1, 0.15) is 29.3 Å². The van der Waals surface area contributed by atoms with Crippen molar-refractivity contribution in [1.29, 1.82) is 0 Å². The first kappa shape index (κ1) is 20.0. The van der Waals surface area contributed by atoms with E-state index in [2.05, 4.69) is 10.3 Å². The van der Waals surface area contributed by atoms with Gasteiger partial charge in [-0.1, -0.05) is 6.07 Å². The maximum absolute atomic E-state index is 10.9. The number of nitrogens with one attached hydrogen (secondary N) is 1. The van der Waals surface area contributed by atoms with Crippen molar-refractivity contribution in [3.8, 4) is 11.3 Å². The summed E-state index contributed by atoms with van der Waals surface area (Å²) in [6, 6.07) is 19.1. The zero-order valence-corrected chi connectivity index (χ0v) is 17.6. The van der Waals surface area contributed by atoms with E-state index in [1.54, 1.807) is 24.6 Å². The van der Waals surface area contributed by atoms with Crippen LogP contribution in [0.3, 0.4) is 0 Å². The van der Waals surface area contributed by atoms with Gasteiger partial charge in [-0.25, -0.2) is 0 Å². The molecule has 4 heterocycles. The first-order valence-corrected chi connectivity index (χ1v) is 10.4. The second-order valence-electron chi connectivity index (χ2n) is 7.34. The van der Waals surface area contributed by atoms with E-state index in [9.17, 15) is 10.1 Å². The highest BCUT2D eigenvalue weighted by atomic mass is 32.1. The first-order chi connectivity index (χ1) is 15.6. The number of non-ortho nitro benzene ring substituents is 1. The maximum Gasteiger partial charge on any atom is 0.269 e. The fourth-order valence-corrected chi connectivity index (χ4v) is 4.17. The van der Waals surface area contributed by atoms with E-state index >= 15 is 0 Å². The van der Waals surface area contributed by atoms with Gasteiger partial charge in [0.15, 0.2) is 5.11 Å². The van der Waals surface area contributed by atoms with E-state index in [0.717, 1.165) is 17.0 Å². The Morgan fingerprint density at radius 1 is 1.09 bits per heavy atom. The summed E-state index contributed by atoms with van der Waals surface area (Å²) < 4.78 is 11.8. The van der Waals surface area contributed by atoms with Crippen LogP contribution in [0.4, 0.5) is 5.69 Å². The summed E-state index contributed by atoms with van der Waals surface area (Å²) >= 11 is 5.65. The molecule has 8 nitrogen and oxygen atoms in total. The van der Waals surface area contributed by atoms with E-state index in [0.29, 0.717) is 23.2 Å². The van der Waals surface area contributed by atoms with Crippen LogP contribution in [0.25, 0.3) is 11.3 Å². The molecule has 1 saturated heterocycles. The average molecular weight is 446 g/mol. The second kappa shape index (κ2) is 8.27. The van der Waals surface area contributed by atoms with E-state index in [4.69, 9.17) is 21.1 Å². The maximum atomic E-state index is 10.9. The largest absolute Gasteiger partial charge is 0.467 e. The highest BCUT2D eigenvalue weighted by Gasteiger charge is 2.42. The third-order valence-corrected chi connectivity index (χ3v) is 5.74. The summed E-state index contributed by atoms with van der Waals surface area (Å²) in [5.41, 5.74) is 1.63. The van der Waals surface area contributed by atoms with Crippen molar-refractivity contribution in [2.45, 2.75) is 18.6 Å². The standard InChI is InChI=1S/C23H18N4O4S/c28-27(29)16-8-6-15(7-9-16)19-10-11-20(31-19)22-21(18-5-1-2-12-24-18)25-23(32)26(22)14-17-4-3-13-30-17/h1-13,21-22H,14H2,(H,25,32)/t21-,22-/m1/s1. The molecule has 0 unspecified atom stereocenters. The number of nitrogens with zero attached hydrogens (tertiary/aromatic N) is 3. The Morgan fingerprint density at radius 3 is 2.62 bits per heavy atom. The van der Waals surface area contributed by atoms with E-state index in [1.165, 1.54) is 12.1 Å². The molecule has 0 saturated carbocycles. The molecule has 0 bridgehead atoms. The Morgan fingerprint density at radius 2 is 1.94 bits per heavy atom. The molecule has 2 atom stereocenters. The van der Waals surface area contributed by atoms with Gasteiger partial charge in [0.1, 0.15) is 23.3 Å². The number of pyridine rings is 1. The van der Waals surface area contributed by atoms with Gasteiger partial charge in [-0.05, 0) is 60.7 Å². The molecule has 0 amide bonds. The molecule has 1 fully saturated rings. The number of thiocarbonyl (C=S) groups is 1. The third-order valence-electron chi connectivity index (χ3n) is 5.38. The topological polar surface area (TPSA) is 97.6 Å². The molecule has 9 heteroatoms. The predicted molar refractivity (Wildman–Crippen MR) is 121 cm³/mol. The van der Waals surface area contributed by atoms with Crippen molar-refractivity contribution >= 4 is 23.0 Å². The number of furan rings is 2. The molecular weight excluding hydrogens is 428 g/mol. The third kappa shape index (κ3) is 3.74. The summed E-state index contributed by atoms with van der Waals surface area (Å²) in [6.07, 6.45) is 3.38. The smallest absolute Gasteiger partial charge is 0.269 e. The SMILES string of the molecule is O=[N+]([O-])c1ccc(-c2ccc([C@@H]3[C@@H](c4ccccn4)NC(=S)N3Cc3ccco3)o2)cc1. The normalized spacial score (nSPS) is 18.0. The minimum atomic E-state index is -0.424. The summed E-state index contributed by atoms with van der Waals surface area (Å²) in [5, 5.41) is 14.9. The van der Waals surface area contributed by atoms with Crippen molar-refractivity contribution in [3.05, 3.63) is 107 Å². The fourth-order valence-electron chi connectivity index (χ4n) is 3.87. The quantitative estimate of drug-likeness (QED) is 0.251. The Hall–Kier alpha value is -3.98. The van der Waals surface area contributed by atoms with Gasteiger partial charge >= 0.3 is 0 Å². The number of benzene rings is 1. The number of rotatable bonds is 6. The summed E-state index contributed by atoms with van der Waals surface area (Å²) in [7, 11) is 0. The molecular formula is C23H18N4O4S. The summed E-state index contributed by atoms with van der Waals surface area (Å²) in [6.45, 7) is 0.473. The van der Waals surface area contributed by atoms with Crippen LogP contribution in [0.5, 0.6) is 0 Å². The van der Waals surface area contributed by atoms with Gasteiger partial charge in [-0.3, -0.25) is 15.1 Å². The molecule has 1 aromatic carbocycles. The van der Waals surface area contributed by atoms with Crippen molar-refractivity contribution in [2.75, 3.05) is 0 Å². The molecule has 4 aromatic rings. The zero-order chi connectivity index (χ0) is 22.1. The van der Waals surface area contributed by atoms with Gasteiger partial charge in [-0.2, -0.15) is 0 Å². The molecule has 0 spiro atoms. The van der Waals surface area contributed by atoms with Crippen LogP contribution in [0, 0.1) is 10.1 Å². The number of hydrogen-bond donors (Lipinski definition) is 1. The van der Waals surface area contributed by atoms with Crippen LogP contribution in [0.2, 0.25) is 0 Å². The van der Waals surface area contributed by atoms with Gasteiger partial charge < -0.3 is 19.1 Å². The van der Waals surface area contributed by atoms with Gasteiger partial charge in [0, 0.05) is 23.9 Å². The lowest BCUT2D eigenvalue weighted by Crippen LogP contribution is -2.28. The zero-order valence-electron chi connectivity index (χ0n) is 16.8. The predicted octanol–water partition coefficient (Wildman–Crippen LogP) is 5.02. The van der Waals surface area contributed by atoms with E-state index < -0.39 is 4.92 Å². The Bertz CT molecular complexity index is 1240. The highest BCUT2D eigenvalue weighted by Crippen LogP contribution is 2.41. The molecule has 3 aromatic heterocycles. The van der Waals surface area contributed by atoms with Gasteiger partial charge in [0.25, 0.3) is 5.69 Å². The van der Waals surface area contributed by atoms with Gasteiger partial charge in [0.05, 0.1) is 29.5 Å². The number of aromatic nitrogens is 1. The first-order valence-electron chi connectivity index (χ1n) is 9.95. The molecule has 32 heavy (non-hydrogen) atoms. The Balaban J connectivity index is 1.51. The molecule has 5 rings (SSSR count). The van der Waals surface area contributed by atoms with Crippen LogP contribution in [-0.2, 0) is 6.54 Å². The highest BCUT2D eigenvalue weighted by molar-refractivity contribution is 7.80. The molecule has 0 aliphatic carbocycles. The minimum absolute atomic E-state index is 0.0331. The molecule has 160 valence electrons. The Kier molecular flexibility index (Phi) is 5.16. The van der Waals surface area contributed by atoms with Gasteiger partial charge in [0.2, 0.25) is 0 Å². The second-order valence-corrected chi connectivity index (χ2v) is 7.73. The fraction of sp³-hybridized carbons (Fsp3) is 0.130. The van der Waals surface area contributed by atoms with Gasteiger partial charge in [-0.15, -0.1) is 0 Å². The lowest BCUT2D eigenvalue weighted by Gasteiger charge is -2.25. The van der Waals surface area contributed by atoms with Crippen molar-refractivity contribution in [1.82, 2.24) is 15.2 Å². The number of hydrogen-bond acceptors (Lipinski definition) is 6. The number of nitro benzene ring substituents is 1. The van der Waals surface area contributed by atoms with Crippen LogP contribution in [0.15, 0.2) is 88.0 Å². The molecule has 1 aliphatic heterocycles. The lowest BCUT2D eigenvalue weighted by molar-refractivity contribution is -0.384. The van der Waals surface area contributed by atoms with Crippen molar-refractivity contribution in [2.24, 2.45) is 0 Å². The molecule has 1 N–H and O–H groups in total. The van der Waals surface area contributed by atoms with Crippen LogP contribution < -0.4 is 5.32 Å². The lowest BCUT2D eigenvalue weighted by atomic mass is 10.0. The van der Waals surface area contributed by atoms with E-state index in [-0.39, 0.29) is 17.8 Å². The monoisotopic (exact) mass is 446 g/mol. The Labute approximate surface area is 188 Å². The van der Waals surface area contributed by atoms with E-state index in [1.807, 2.05) is 47.4 Å². The van der Waals surface area contributed by atoms with Crippen molar-refractivity contribution in [3.63, 3.8) is 0 Å². The molecule has 1 aliphatic rings. The average Bonchev–Trinajstić information content (AvgIpc) is 3.56. The van der Waals surface area contributed by atoms with Crippen LogP contribution >= 0.6 is 12.2 Å². The summed E-state index contributed by atoms with van der Waals surface area (Å²) in [4.78, 5) is 17.1.